The van der Waals surface area contributed by atoms with Gasteiger partial charge >= 0.3 is 6.09 Å². The van der Waals surface area contributed by atoms with E-state index in [0.29, 0.717) is 23.1 Å². The molecule has 2 heterocycles. The number of ether oxygens (including phenoxy) is 1. The summed E-state index contributed by atoms with van der Waals surface area (Å²) in [4.78, 5) is 15.1. The van der Waals surface area contributed by atoms with Crippen LogP contribution in [-0.2, 0) is 16.8 Å². The minimum atomic E-state index is -0.738. The average molecular weight is 471 g/mol. The molecule has 0 spiro atoms. The molecule has 0 radical (unpaired) electrons. The molecule has 6 heteroatoms. The van der Waals surface area contributed by atoms with Gasteiger partial charge in [0.1, 0.15) is 18.1 Å². The number of rotatable bonds is 2. The van der Waals surface area contributed by atoms with E-state index in [9.17, 15) is 9.18 Å². The van der Waals surface area contributed by atoms with E-state index >= 15 is 0 Å². The number of fused-ring (bicyclic) bond motifs is 1. The summed E-state index contributed by atoms with van der Waals surface area (Å²) in [6.45, 7) is 5.20. The van der Waals surface area contributed by atoms with E-state index in [2.05, 4.69) is 27.8 Å². The molecule has 1 saturated heterocycles. The van der Waals surface area contributed by atoms with Crippen molar-refractivity contribution in [1.82, 2.24) is 4.90 Å². The number of nitrogens with zero attached hydrogens (tertiary/aromatic N) is 1. The van der Waals surface area contributed by atoms with Crippen LogP contribution in [0.1, 0.15) is 43.2 Å². The van der Waals surface area contributed by atoms with Crippen LogP contribution < -0.4 is 5.32 Å². The number of hydrogen-bond donors (Lipinski definition) is 1. The molecule has 2 aromatic carbocycles. The molecule has 0 aromatic heterocycles. The Hall–Kier alpha value is -2.34. The summed E-state index contributed by atoms with van der Waals surface area (Å²) < 4.78 is 21.4. The number of nitrogens with one attached hydrogen (secondary N) is 1. The van der Waals surface area contributed by atoms with E-state index in [1.54, 1.807) is 4.90 Å². The zero-order valence-corrected chi connectivity index (χ0v) is 18.3. The van der Waals surface area contributed by atoms with Gasteiger partial charge in [0.05, 0.1) is 11.1 Å². The fourth-order valence-electron chi connectivity index (χ4n) is 5.73. The Morgan fingerprint density at radius 3 is 2.83 bits per heavy atom. The maximum atomic E-state index is 15.0. The van der Waals surface area contributed by atoms with E-state index in [1.165, 1.54) is 6.07 Å². The van der Waals surface area contributed by atoms with E-state index in [0.717, 1.165) is 42.4 Å². The van der Waals surface area contributed by atoms with Gasteiger partial charge in [-0.25, -0.2) is 9.18 Å². The normalized spacial score (nSPS) is 27.0. The lowest BCUT2D eigenvalue weighted by molar-refractivity contribution is 0.0613. The second kappa shape index (κ2) is 7.12. The van der Waals surface area contributed by atoms with Gasteiger partial charge in [-0.1, -0.05) is 58.4 Å². The standard InChI is InChI=1S/C24H24BrFN2O2/c1-16-7-5-6-10-24-23(16,19-13-18(25)14-20(26)21(19)27-24)11-12-28(24)22(29)30-15-17-8-3-2-4-9-17/h2-4,8-9,13-14,27H,1,5-7,10-12,15H2/t23-,24+/m0/s1. The van der Waals surface area contributed by atoms with Gasteiger partial charge in [-0.15, -0.1) is 0 Å². The highest BCUT2D eigenvalue weighted by molar-refractivity contribution is 9.10. The van der Waals surface area contributed by atoms with Crippen LogP contribution in [-0.4, -0.2) is 23.2 Å². The van der Waals surface area contributed by atoms with Crippen LogP contribution >= 0.6 is 15.9 Å². The quantitative estimate of drug-likeness (QED) is 0.537. The lowest BCUT2D eigenvalue weighted by atomic mass is 9.67. The first kappa shape index (κ1) is 19.6. The number of anilines is 1. The minimum Gasteiger partial charge on any atom is -0.444 e. The van der Waals surface area contributed by atoms with Crippen LogP contribution in [0.3, 0.4) is 0 Å². The van der Waals surface area contributed by atoms with Crippen molar-refractivity contribution >= 4 is 27.7 Å². The Kier molecular flexibility index (Phi) is 4.65. The van der Waals surface area contributed by atoms with Gasteiger partial charge in [-0.2, -0.15) is 0 Å². The zero-order chi connectivity index (χ0) is 20.9. The van der Waals surface area contributed by atoms with Crippen molar-refractivity contribution in [3.63, 3.8) is 0 Å². The third-order valence-corrected chi connectivity index (χ3v) is 7.48. The first-order chi connectivity index (χ1) is 14.5. The molecular formula is C24H24BrFN2O2. The van der Waals surface area contributed by atoms with Crippen molar-refractivity contribution in [3.05, 3.63) is 76.0 Å². The molecule has 0 unspecified atom stereocenters. The number of amides is 1. The van der Waals surface area contributed by atoms with Gasteiger partial charge in [-0.3, -0.25) is 4.90 Å². The highest BCUT2D eigenvalue weighted by Gasteiger charge is 2.67. The van der Waals surface area contributed by atoms with Crippen molar-refractivity contribution in [2.45, 2.75) is 49.8 Å². The molecule has 2 atom stereocenters. The summed E-state index contributed by atoms with van der Waals surface area (Å²) in [5.74, 6) is -0.307. The van der Waals surface area contributed by atoms with Gasteiger partial charge in [0.2, 0.25) is 0 Å². The van der Waals surface area contributed by atoms with Gasteiger partial charge in [0.15, 0.2) is 0 Å². The molecule has 3 aliphatic rings. The molecule has 1 saturated carbocycles. The Morgan fingerprint density at radius 2 is 2.03 bits per heavy atom. The highest BCUT2D eigenvalue weighted by Crippen LogP contribution is 2.63. The fraction of sp³-hybridized carbons (Fsp3) is 0.375. The van der Waals surface area contributed by atoms with Gasteiger partial charge in [-0.05, 0) is 55.4 Å². The number of carbonyl (C=O) groups excluding carboxylic acids is 1. The van der Waals surface area contributed by atoms with Crippen LogP contribution in [0.2, 0.25) is 0 Å². The largest absolute Gasteiger partial charge is 0.444 e. The van der Waals surface area contributed by atoms with Crippen molar-refractivity contribution in [2.75, 3.05) is 11.9 Å². The Morgan fingerprint density at radius 1 is 1.23 bits per heavy atom. The van der Waals surface area contributed by atoms with Crippen LogP contribution in [0.5, 0.6) is 0 Å². The molecule has 30 heavy (non-hydrogen) atoms. The zero-order valence-electron chi connectivity index (χ0n) is 16.7. The molecule has 5 rings (SSSR count). The molecule has 1 amide bonds. The summed E-state index contributed by atoms with van der Waals surface area (Å²) in [6.07, 6.45) is 3.91. The lowest BCUT2D eigenvalue weighted by Crippen LogP contribution is -2.59. The first-order valence-corrected chi connectivity index (χ1v) is 11.2. The summed E-state index contributed by atoms with van der Waals surface area (Å²) in [5.41, 5.74) is 2.16. The molecule has 2 aromatic rings. The molecule has 2 aliphatic heterocycles. The predicted octanol–water partition coefficient (Wildman–Crippen LogP) is 6.12. The third-order valence-electron chi connectivity index (χ3n) is 7.02. The van der Waals surface area contributed by atoms with Crippen molar-refractivity contribution in [1.29, 1.82) is 0 Å². The van der Waals surface area contributed by atoms with Crippen LogP contribution in [0.25, 0.3) is 0 Å². The summed E-state index contributed by atoms with van der Waals surface area (Å²) in [5, 5.41) is 3.47. The van der Waals surface area contributed by atoms with Gasteiger partial charge in [0.25, 0.3) is 0 Å². The maximum Gasteiger partial charge on any atom is 0.412 e. The van der Waals surface area contributed by atoms with Gasteiger partial charge in [0, 0.05) is 11.0 Å². The maximum absolute atomic E-state index is 15.0. The van der Waals surface area contributed by atoms with Crippen molar-refractivity contribution < 1.29 is 13.9 Å². The van der Waals surface area contributed by atoms with Crippen molar-refractivity contribution in [3.8, 4) is 0 Å². The number of likely N-dealkylation sites (tertiary alicyclic amines) is 1. The van der Waals surface area contributed by atoms with E-state index < -0.39 is 11.1 Å². The Balaban J connectivity index is 1.54. The minimum absolute atomic E-state index is 0.215. The smallest absolute Gasteiger partial charge is 0.412 e. The molecule has 2 fully saturated rings. The average Bonchev–Trinajstić information content (AvgIpc) is 3.16. The summed E-state index contributed by atoms with van der Waals surface area (Å²) in [6, 6.07) is 13.1. The molecule has 4 nitrogen and oxygen atoms in total. The van der Waals surface area contributed by atoms with Crippen LogP contribution in [0, 0.1) is 5.82 Å². The first-order valence-electron chi connectivity index (χ1n) is 10.4. The Bertz CT molecular complexity index is 1030. The van der Waals surface area contributed by atoms with Crippen LogP contribution in [0.15, 0.2) is 59.1 Å². The number of carbonyl (C=O) groups is 1. The second-order valence-corrected chi connectivity index (χ2v) is 9.37. The van der Waals surface area contributed by atoms with Crippen molar-refractivity contribution in [2.24, 2.45) is 0 Å². The molecule has 156 valence electrons. The van der Waals surface area contributed by atoms with E-state index in [1.807, 2.05) is 36.4 Å². The second-order valence-electron chi connectivity index (χ2n) is 8.45. The Labute approximate surface area is 184 Å². The summed E-state index contributed by atoms with van der Waals surface area (Å²) in [7, 11) is 0. The summed E-state index contributed by atoms with van der Waals surface area (Å²) >= 11 is 3.46. The monoisotopic (exact) mass is 470 g/mol. The number of benzene rings is 2. The molecule has 0 bridgehead atoms. The highest BCUT2D eigenvalue weighted by atomic mass is 79.9. The van der Waals surface area contributed by atoms with Gasteiger partial charge < -0.3 is 10.1 Å². The van der Waals surface area contributed by atoms with Crippen LogP contribution in [0.4, 0.5) is 14.9 Å². The van der Waals surface area contributed by atoms with E-state index in [-0.39, 0.29) is 18.5 Å². The molecule has 1 N–H and O–H groups in total. The molecule has 1 aliphatic carbocycles. The predicted molar refractivity (Wildman–Crippen MR) is 118 cm³/mol. The molecular weight excluding hydrogens is 447 g/mol. The third kappa shape index (κ3) is 2.66. The fourth-order valence-corrected chi connectivity index (χ4v) is 6.16. The SMILES string of the molecule is C=C1CCCC[C@]23Nc4c(F)cc(Br)cc4[C@]12CCN3C(=O)OCc1ccccc1. The lowest BCUT2D eigenvalue weighted by Gasteiger charge is -2.45. The topological polar surface area (TPSA) is 41.6 Å². The number of halogens is 2. The number of hydrogen-bond acceptors (Lipinski definition) is 3. The van der Waals surface area contributed by atoms with E-state index in [4.69, 9.17) is 4.74 Å².